The van der Waals surface area contributed by atoms with E-state index >= 15 is 0 Å². The van der Waals surface area contributed by atoms with Gasteiger partial charge in [-0.25, -0.2) is 9.67 Å². The molecule has 0 bridgehead atoms. The van der Waals surface area contributed by atoms with Gasteiger partial charge < -0.3 is 5.32 Å². The summed E-state index contributed by atoms with van der Waals surface area (Å²) in [6.07, 6.45) is -2.39. The maximum atomic E-state index is 13.1. The molecule has 2 N–H and O–H groups in total. The number of benzene rings is 2. The second-order valence-electron chi connectivity index (χ2n) is 8.31. The zero-order valence-corrected chi connectivity index (χ0v) is 18.4. The van der Waals surface area contributed by atoms with Gasteiger partial charge in [-0.1, -0.05) is 18.2 Å². The van der Waals surface area contributed by atoms with Gasteiger partial charge in [-0.3, -0.25) is 14.7 Å². The minimum Gasteiger partial charge on any atom is -0.320 e. The van der Waals surface area contributed by atoms with E-state index < -0.39 is 28.8 Å². The highest BCUT2D eigenvalue weighted by Crippen LogP contribution is 2.38. The minimum absolute atomic E-state index is 0.0736. The summed E-state index contributed by atoms with van der Waals surface area (Å²) in [7, 11) is 0. The molecule has 2 heterocycles. The van der Waals surface area contributed by atoms with Crippen molar-refractivity contribution in [2.45, 2.75) is 31.9 Å². The Morgan fingerprint density at radius 3 is 2.63 bits per heavy atom. The van der Waals surface area contributed by atoms with Crippen molar-refractivity contribution in [3.05, 3.63) is 87.6 Å². The average molecular weight is 480 g/mol. The molecule has 2 aromatic carbocycles. The molecular formula is C24H19F3N6O2. The summed E-state index contributed by atoms with van der Waals surface area (Å²) >= 11 is 0. The smallest absolute Gasteiger partial charge is 0.320 e. The van der Waals surface area contributed by atoms with Crippen LogP contribution in [0.3, 0.4) is 0 Å². The summed E-state index contributed by atoms with van der Waals surface area (Å²) in [5.41, 5.74) is -0.556. The minimum atomic E-state index is -4.54. The van der Waals surface area contributed by atoms with Crippen LogP contribution in [0.1, 0.15) is 46.3 Å². The van der Waals surface area contributed by atoms with Crippen molar-refractivity contribution in [3.8, 4) is 17.1 Å². The second-order valence-corrected chi connectivity index (χ2v) is 8.31. The predicted molar refractivity (Wildman–Crippen MR) is 121 cm³/mol. The molecule has 0 atom stereocenters. The number of aromatic nitrogens is 5. The van der Waals surface area contributed by atoms with Crippen LogP contribution in [0.2, 0.25) is 0 Å². The summed E-state index contributed by atoms with van der Waals surface area (Å²) in [5, 5.41) is 13.8. The number of nitrogens with zero attached hydrogens (tertiary/aromatic N) is 4. The third kappa shape index (κ3) is 4.70. The molecule has 1 saturated carbocycles. The Kier molecular flexibility index (Phi) is 5.46. The Labute approximate surface area is 196 Å². The molecule has 35 heavy (non-hydrogen) atoms. The number of aromatic amines is 1. The van der Waals surface area contributed by atoms with Crippen LogP contribution in [-0.2, 0) is 6.18 Å². The van der Waals surface area contributed by atoms with Crippen LogP contribution in [0, 0.1) is 6.92 Å². The molecule has 11 heteroatoms. The standard InChI is InChI=1S/C24H19F3N6O2/c1-13-10-19(34)20(32-33(13)18-7-3-5-16(12-18)24(25,26)27)23(35)28-17-6-2-4-15(11-17)22-29-21(30-31-22)14-8-9-14/h2-7,10-12,14H,8-9H2,1H3,(H,28,35)(H,29,30,31). The van der Waals surface area contributed by atoms with Crippen molar-refractivity contribution >= 4 is 11.6 Å². The van der Waals surface area contributed by atoms with E-state index in [9.17, 15) is 22.8 Å². The molecule has 1 fully saturated rings. The molecule has 1 aliphatic rings. The van der Waals surface area contributed by atoms with E-state index in [0.717, 1.165) is 41.5 Å². The first-order valence-corrected chi connectivity index (χ1v) is 10.8. The molecule has 2 aromatic heterocycles. The molecule has 1 aliphatic carbocycles. The zero-order chi connectivity index (χ0) is 24.7. The van der Waals surface area contributed by atoms with E-state index in [1.165, 1.54) is 19.1 Å². The highest BCUT2D eigenvalue weighted by molar-refractivity contribution is 6.03. The second kappa shape index (κ2) is 8.49. The first-order chi connectivity index (χ1) is 16.7. The number of H-pyrrole nitrogens is 1. The van der Waals surface area contributed by atoms with Crippen molar-refractivity contribution in [2.75, 3.05) is 5.32 Å². The Bertz CT molecular complexity index is 1490. The number of anilines is 1. The molecule has 8 nitrogen and oxygen atoms in total. The summed E-state index contributed by atoms with van der Waals surface area (Å²) in [4.78, 5) is 29.9. The highest BCUT2D eigenvalue weighted by Gasteiger charge is 2.31. The summed E-state index contributed by atoms with van der Waals surface area (Å²) < 4.78 is 40.6. The number of hydrogen-bond donors (Lipinski definition) is 2. The Hall–Kier alpha value is -4.28. The molecule has 0 aliphatic heterocycles. The molecule has 1 amide bonds. The van der Waals surface area contributed by atoms with E-state index in [4.69, 9.17) is 0 Å². The lowest BCUT2D eigenvalue weighted by molar-refractivity contribution is -0.137. The van der Waals surface area contributed by atoms with Gasteiger partial charge in [-0.05, 0) is 50.1 Å². The van der Waals surface area contributed by atoms with Gasteiger partial charge in [0.2, 0.25) is 5.43 Å². The van der Waals surface area contributed by atoms with Crippen molar-refractivity contribution < 1.29 is 18.0 Å². The SMILES string of the molecule is Cc1cc(=O)c(C(=O)Nc2cccc(-c3n[nH]c(C4CC4)n3)c2)nn1-c1cccc(C(F)(F)F)c1. The van der Waals surface area contributed by atoms with Gasteiger partial charge >= 0.3 is 6.18 Å². The molecule has 5 rings (SSSR count). The molecule has 0 unspecified atom stereocenters. The highest BCUT2D eigenvalue weighted by atomic mass is 19.4. The summed E-state index contributed by atoms with van der Waals surface area (Å²) in [5.74, 6) is 0.934. The fourth-order valence-electron chi connectivity index (χ4n) is 3.65. The topological polar surface area (TPSA) is 106 Å². The first-order valence-electron chi connectivity index (χ1n) is 10.8. The van der Waals surface area contributed by atoms with Crippen molar-refractivity contribution in [2.24, 2.45) is 0 Å². The van der Waals surface area contributed by atoms with Gasteiger partial charge in [0.1, 0.15) is 5.82 Å². The number of nitrogens with one attached hydrogen (secondary N) is 2. The predicted octanol–water partition coefficient (Wildman–Crippen LogP) is 4.47. The third-order valence-electron chi connectivity index (χ3n) is 5.59. The fraction of sp³-hybridized carbons (Fsp3) is 0.208. The van der Waals surface area contributed by atoms with Gasteiger partial charge in [0, 0.05) is 28.9 Å². The van der Waals surface area contributed by atoms with E-state index in [1.54, 1.807) is 24.3 Å². The summed E-state index contributed by atoms with van der Waals surface area (Å²) in [6, 6.07) is 12.4. The van der Waals surface area contributed by atoms with E-state index in [0.29, 0.717) is 23.0 Å². The van der Waals surface area contributed by atoms with Crippen LogP contribution in [0.25, 0.3) is 17.1 Å². The quantitative estimate of drug-likeness (QED) is 0.438. The molecule has 0 saturated heterocycles. The van der Waals surface area contributed by atoms with Gasteiger partial charge in [-0.2, -0.15) is 23.4 Å². The fourth-order valence-corrected chi connectivity index (χ4v) is 3.65. The zero-order valence-electron chi connectivity index (χ0n) is 18.4. The lowest BCUT2D eigenvalue weighted by Crippen LogP contribution is -2.27. The van der Waals surface area contributed by atoms with Gasteiger partial charge in [0.05, 0.1) is 11.3 Å². The van der Waals surface area contributed by atoms with E-state index in [-0.39, 0.29) is 11.4 Å². The number of amides is 1. The van der Waals surface area contributed by atoms with Crippen LogP contribution in [0.5, 0.6) is 0 Å². The van der Waals surface area contributed by atoms with E-state index in [2.05, 4.69) is 25.6 Å². The number of carbonyl (C=O) groups excluding carboxylic acids is 1. The van der Waals surface area contributed by atoms with Crippen LogP contribution in [-0.4, -0.2) is 30.9 Å². The van der Waals surface area contributed by atoms with Crippen molar-refractivity contribution in [1.29, 1.82) is 0 Å². The third-order valence-corrected chi connectivity index (χ3v) is 5.59. The van der Waals surface area contributed by atoms with Gasteiger partial charge in [-0.15, -0.1) is 0 Å². The Morgan fingerprint density at radius 1 is 1.11 bits per heavy atom. The maximum absolute atomic E-state index is 13.1. The number of hydrogen-bond acceptors (Lipinski definition) is 5. The van der Waals surface area contributed by atoms with Crippen LogP contribution >= 0.6 is 0 Å². The van der Waals surface area contributed by atoms with Crippen molar-refractivity contribution in [1.82, 2.24) is 25.0 Å². The Morgan fingerprint density at radius 2 is 1.89 bits per heavy atom. The molecule has 0 spiro atoms. The number of carbonyl (C=O) groups is 1. The van der Waals surface area contributed by atoms with Gasteiger partial charge in [0.25, 0.3) is 5.91 Å². The molecule has 178 valence electrons. The number of rotatable bonds is 5. The van der Waals surface area contributed by atoms with Crippen LogP contribution in [0.15, 0.2) is 59.4 Å². The van der Waals surface area contributed by atoms with Gasteiger partial charge in [0.15, 0.2) is 11.5 Å². The largest absolute Gasteiger partial charge is 0.416 e. The number of halogens is 3. The lowest BCUT2D eigenvalue weighted by atomic mass is 10.2. The average Bonchev–Trinajstić information content (AvgIpc) is 3.55. The normalized spacial score (nSPS) is 13.6. The monoisotopic (exact) mass is 480 g/mol. The van der Waals surface area contributed by atoms with Crippen LogP contribution in [0.4, 0.5) is 18.9 Å². The van der Waals surface area contributed by atoms with Crippen LogP contribution < -0.4 is 10.7 Å². The molecule has 0 radical (unpaired) electrons. The maximum Gasteiger partial charge on any atom is 0.416 e. The number of aryl methyl sites for hydroxylation is 1. The molecule has 4 aromatic rings. The lowest BCUT2D eigenvalue weighted by Gasteiger charge is -2.13. The van der Waals surface area contributed by atoms with Crippen molar-refractivity contribution in [3.63, 3.8) is 0 Å². The first kappa shape index (κ1) is 22.5. The summed E-state index contributed by atoms with van der Waals surface area (Å²) in [6.45, 7) is 1.52. The Balaban J connectivity index is 1.43. The number of alkyl halides is 3. The van der Waals surface area contributed by atoms with E-state index in [1.807, 2.05) is 0 Å². The molecular weight excluding hydrogens is 461 g/mol.